The summed E-state index contributed by atoms with van der Waals surface area (Å²) in [5, 5.41) is 15.3. The first-order valence-electron chi connectivity index (χ1n) is 8.89. The van der Waals surface area contributed by atoms with E-state index in [-0.39, 0.29) is 5.57 Å². The van der Waals surface area contributed by atoms with Crippen LogP contribution in [0, 0.1) is 11.3 Å². The lowest BCUT2D eigenvalue weighted by Crippen LogP contribution is -2.21. The van der Waals surface area contributed by atoms with E-state index in [4.69, 9.17) is 16.3 Å². The molecule has 0 fully saturated rings. The van der Waals surface area contributed by atoms with E-state index in [9.17, 15) is 10.1 Å². The number of hydrogen-bond donors (Lipinski definition) is 2. The average Bonchev–Trinajstić information content (AvgIpc) is 2.70. The molecule has 0 aliphatic carbocycles. The van der Waals surface area contributed by atoms with Crippen LogP contribution in [-0.2, 0) is 4.79 Å². The molecule has 0 saturated carbocycles. The number of ether oxygens (including phenoxy) is 1. The zero-order valence-electron chi connectivity index (χ0n) is 16.1. The van der Waals surface area contributed by atoms with Gasteiger partial charge in [-0.3, -0.25) is 4.79 Å². The van der Waals surface area contributed by atoms with Crippen LogP contribution in [0.15, 0.2) is 54.2 Å². The second kappa shape index (κ2) is 10.2. The molecule has 28 heavy (non-hydrogen) atoms. The number of hydrogen-bond acceptors (Lipinski definition) is 5. The smallest absolute Gasteiger partial charge is 0.267 e. The molecule has 0 radical (unpaired) electrons. The summed E-state index contributed by atoms with van der Waals surface area (Å²) in [6.45, 7) is 6.06. The predicted molar refractivity (Wildman–Crippen MR) is 114 cm³/mol. The highest BCUT2D eigenvalue weighted by Crippen LogP contribution is 2.27. The van der Waals surface area contributed by atoms with E-state index in [1.165, 1.54) is 13.3 Å². The van der Waals surface area contributed by atoms with Crippen molar-refractivity contribution in [3.8, 4) is 11.8 Å². The summed E-state index contributed by atoms with van der Waals surface area (Å²) >= 11 is 6.05. The van der Waals surface area contributed by atoms with E-state index in [1.807, 2.05) is 30.3 Å². The molecular weight excluding hydrogens is 376 g/mol. The van der Waals surface area contributed by atoms with Gasteiger partial charge in [-0.1, -0.05) is 11.6 Å². The first-order valence-corrected chi connectivity index (χ1v) is 9.26. The van der Waals surface area contributed by atoms with Crippen molar-refractivity contribution in [2.24, 2.45) is 0 Å². The number of carbonyl (C=O) groups is 1. The van der Waals surface area contributed by atoms with Crippen LogP contribution in [0.3, 0.4) is 0 Å². The van der Waals surface area contributed by atoms with Crippen LogP contribution in [0.25, 0.3) is 0 Å². The van der Waals surface area contributed by atoms with E-state index < -0.39 is 5.91 Å². The maximum absolute atomic E-state index is 12.3. The Hall–Kier alpha value is -3.17. The van der Waals surface area contributed by atoms with Gasteiger partial charge in [0, 0.05) is 36.4 Å². The quantitative estimate of drug-likeness (QED) is 0.499. The second-order valence-corrected chi connectivity index (χ2v) is 6.24. The van der Waals surface area contributed by atoms with Crippen molar-refractivity contribution in [3.63, 3.8) is 0 Å². The van der Waals surface area contributed by atoms with Gasteiger partial charge in [-0.25, -0.2) is 0 Å². The fourth-order valence-electron chi connectivity index (χ4n) is 2.60. The standard InChI is InChI=1S/C21H23ClN4O2/c1-4-26(5-2)18-9-6-16(7-10-18)24-14-15(13-23)21(27)25-17-8-11-20(28-3)19(22)12-17/h6-12,14,24H,4-5H2,1-3H3,(H,25,27)/b15-14-. The van der Waals surface area contributed by atoms with Crippen LogP contribution in [-0.4, -0.2) is 26.1 Å². The van der Waals surface area contributed by atoms with Gasteiger partial charge in [0.05, 0.1) is 12.1 Å². The molecule has 0 unspecified atom stereocenters. The molecular formula is C21H23ClN4O2. The van der Waals surface area contributed by atoms with Crippen LogP contribution in [0.5, 0.6) is 5.75 Å². The van der Waals surface area contributed by atoms with Gasteiger partial charge < -0.3 is 20.3 Å². The van der Waals surface area contributed by atoms with Crippen LogP contribution in [0.2, 0.25) is 5.02 Å². The molecule has 0 saturated heterocycles. The molecule has 0 heterocycles. The largest absolute Gasteiger partial charge is 0.495 e. The fraction of sp³-hybridized carbons (Fsp3) is 0.238. The number of amides is 1. The monoisotopic (exact) mass is 398 g/mol. The number of nitrogens with one attached hydrogen (secondary N) is 2. The predicted octanol–water partition coefficient (Wildman–Crippen LogP) is 4.65. The second-order valence-electron chi connectivity index (χ2n) is 5.84. The highest BCUT2D eigenvalue weighted by Gasteiger charge is 2.11. The maximum Gasteiger partial charge on any atom is 0.267 e. The molecule has 2 aromatic carbocycles. The minimum atomic E-state index is -0.531. The molecule has 2 aromatic rings. The number of anilines is 3. The third kappa shape index (κ3) is 5.41. The average molecular weight is 399 g/mol. The highest BCUT2D eigenvalue weighted by atomic mass is 35.5. The molecule has 0 aromatic heterocycles. The van der Waals surface area contributed by atoms with E-state index in [1.54, 1.807) is 18.2 Å². The summed E-state index contributed by atoms with van der Waals surface area (Å²) in [4.78, 5) is 14.6. The molecule has 0 spiro atoms. The van der Waals surface area contributed by atoms with E-state index in [0.29, 0.717) is 16.5 Å². The summed E-state index contributed by atoms with van der Waals surface area (Å²) in [5.74, 6) is -0.0264. The molecule has 7 heteroatoms. The van der Waals surface area contributed by atoms with Crippen LogP contribution in [0.1, 0.15) is 13.8 Å². The van der Waals surface area contributed by atoms with E-state index >= 15 is 0 Å². The molecule has 1 amide bonds. The third-order valence-corrected chi connectivity index (χ3v) is 4.45. The Morgan fingerprint density at radius 3 is 2.36 bits per heavy atom. The van der Waals surface area contributed by atoms with Gasteiger partial charge in [0.2, 0.25) is 0 Å². The lowest BCUT2D eigenvalue weighted by atomic mass is 10.2. The van der Waals surface area contributed by atoms with Crippen molar-refractivity contribution in [1.29, 1.82) is 5.26 Å². The van der Waals surface area contributed by atoms with Gasteiger partial charge in [0.15, 0.2) is 0 Å². The van der Waals surface area contributed by atoms with E-state index in [2.05, 4.69) is 29.4 Å². The zero-order valence-corrected chi connectivity index (χ0v) is 16.9. The summed E-state index contributed by atoms with van der Waals surface area (Å²) in [6.07, 6.45) is 1.38. The first-order chi connectivity index (χ1) is 13.5. The van der Waals surface area contributed by atoms with Crippen LogP contribution in [0.4, 0.5) is 17.1 Å². The minimum absolute atomic E-state index is 0.0558. The fourth-order valence-corrected chi connectivity index (χ4v) is 2.86. The van der Waals surface area contributed by atoms with Gasteiger partial charge in [-0.05, 0) is 56.3 Å². The zero-order chi connectivity index (χ0) is 20.5. The van der Waals surface area contributed by atoms with Crippen molar-refractivity contribution >= 4 is 34.6 Å². The molecule has 0 bridgehead atoms. The van der Waals surface area contributed by atoms with Crippen molar-refractivity contribution < 1.29 is 9.53 Å². The van der Waals surface area contributed by atoms with E-state index in [0.717, 1.165) is 24.5 Å². The minimum Gasteiger partial charge on any atom is -0.495 e. The number of benzene rings is 2. The van der Waals surface area contributed by atoms with Crippen LogP contribution < -0.4 is 20.3 Å². The van der Waals surface area contributed by atoms with Gasteiger partial charge in [-0.15, -0.1) is 0 Å². The Bertz CT molecular complexity index is 884. The van der Waals surface area contributed by atoms with Gasteiger partial charge >= 0.3 is 0 Å². The summed E-state index contributed by atoms with van der Waals surface area (Å²) in [7, 11) is 1.51. The van der Waals surface area contributed by atoms with Crippen molar-refractivity contribution in [2.75, 3.05) is 35.7 Å². The lowest BCUT2D eigenvalue weighted by Gasteiger charge is -2.21. The van der Waals surface area contributed by atoms with Crippen molar-refractivity contribution in [3.05, 3.63) is 59.3 Å². The summed E-state index contributed by atoms with van der Waals surface area (Å²) in [6, 6.07) is 14.5. The molecule has 0 atom stereocenters. The molecule has 6 nitrogen and oxygen atoms in total. The maximum atomic E-state index is 12.3. The van der Waals surface area contributed by atoms with Crippen LogP contribution >= 0.6 is 11.6 Å². The molecule has 146 valence electrons. The Morgan fingerprint density at radius 1 is 1.18 bits per heavy atom. The lowest BCUT2D eigenvalue weighted by molar-refractivity contribution is -0.112. The Labute approximate surface area is 170 Å². The first kappa shape index (κ1) is 21.1. The number of nitriles is 1. The SMILES string of the molecule is CCN(CC)c1ccc(N/C=C(/C#N)C(=O)Nc2ccc(OC)c(Cl)c2)cc1. The summed E-state index contributed by atoms with van der Waals surface area (Å²) in [5.41, 5.74) is 2.32. The van der Waals surface area contributed by atoms with Gasteiger partial charge in [0.25, 0.3) is 5.91 Å². The normalized spacial score (nSPS) is 10.8. The molecule has 2 N–H and O–H groups in total. The number of methoxy groups -OCH3 is 1. The van der Waals surface area contributed by atoms with Gasteiger partial charge in [0.1, 0.15) is 17.4 Å². The number of halogens is 1. The number of nitrogens with zero attached hydrogens (tertiary/aromatic N) is 2. The number of rotatable bonds is 8. The molecule has 2 rings (SSSR count). The van der Waals surface area contributed by atoms with Crippen molar-refractivity contribution in [1.82, 2.24) is 0 Å². The Morgan fingerprint density at radius 2 is 1.82 bits per heavy atom. The molecule has 0 aliphatic heterocycles. The third-order valence-electron chi connectivity index (χ3n) is 4.15. The highest BCUT2D eigenvalue weighted by molar-refractivity contribution is 6.32. The Balaban J connectivity index is 2.05. The topological polar surface area (TPSA) is 77.4 Å². The Kier molecular flexibility index (Phi) is 7.73. The molecule has 0 aliphatic rings. The summed E-state index contributed by atoms with van der Waals surface area (Å²) < 4.78 is 5.08. The number of carbonyl (C=O) groups excluding carboxylic acids is 1. The van der Waals surface area contributed by atoms with Crippen molar-refractivity contribution in [2.45, 2.75) is 13.8 Å². The van der Waals surface area contributed by atoms with Gasteiger partial charge in [-0.2, -0.15) is 5.26 Å².